The van der Waals surface area contributed by atoms with Crippen molar-refractivity contribution in [2.24, 2.45) is 0 Å². The van der Waals surface area contributed by atoms with E-state index in [2.05, 4.69) is 0 Å². The number of carbonyl (C=O) groups is 1. The largest absolute Gasteiger partial charge is 0.497 e. The van der Waals surface area contributed by atoms with E-state index >= 15 is 0 Å². The SMILES string of the molecule is COc1cccc([C@@H]2c3c(oc4ccc(C)cc4c3=O)C(=O)N2c2nc3ccc(C)cc3s2)c1. The first-order valence-electron chi connectivity index (χ1n) is 10.9. The summed E-state index contributed by atoms with van der Waals surface area (Å²) in [5, 5.41) is 0.977. The molecular formula is C27H20N2O4S. The summed E-state index contributed by atoms with van der Waals surface area (Å²) in [5.74, 6) is 0.321. The Morgan fingerprint density at radius 3 is 2.62 bits per heavy atom. The number of benzene rings is 3. The number of amides is 1. The van der Waals surface area contributed by atoms with E-state index < -0.39 is 6.04 Å². The van der Waals surface area contributed by atoms with E-state index in [0.29, 0.717) is 27.4 Å². The summed E-state index contributed by atoms with van der Waals surface area (Å²) in [4.78, 5) is 33.9. The molecule has 0 saturated carbocycles. The van der Waals surface area contributed by atoms with Gasteiger partial charge in [-0.2, -0.15) is 0 Å². The van der Waals surface area contributed by atoms with Crippen LogP contribution < -0.4 is 15.1 Å². The molecule has 7 heteroatoms. The molecule has 6 rings (SSSR count). The number of rotatable bonds is 3. The highest BCUT2D eigenvalue weighted by Gasteiger charge is 2.45. The Balaban J connectivity index is 1.64. The van der Waals surface area contributed by atoms with Gasteiger partial charge in [0.05, 0.1) is 34.3 Å². The second-order valence-electron chi connectivity index (χ2n) is 8.50. The lowest BCUT2D eigenvalue weighted by atomic mass is 9.98. The molecule has 0 saturated heterocycles. The molecule has 168 valence electrons. The van der Waals surface area contributed by atoms with Gasteiger partial charge in [0.15, 0.2) is 10.6 Å². The summed E-state index contributed by atoms with van der Waals surface area (Å²) in [6, 6.07) is 18.1. The third-order valence-corrected chi connectivity index (χ3v) is 7.19. The van der Waals surface area contributed by atoms with E-state index in [-0.39, 0.29) is 17.1 Å². The third-order valence-electron chi connectivity index (χ3n) is 6.17. The van der Waals surface area contributed by atoms with E-state index in [1.807, 2.05) is 62.4 Å². The molecule has 0 spiro atoms. The van der Waals surface area contributed by atoms with Gasteiger partial charge in [0.2, 0.25) is 5.76 Å². The van der Waals surface area contributed by atoms with Gasteiger partial charge in [-0.15, -0.1) is 0 Å². The minimum atomic E-state index is -0.680. The number of anilines is 1. The lowest BCUT2D eigenvalue weighted by molar-refractivity contribution is 0.0971. The molecule has 0 N–H and O–H groups in total. The average molecular weight is 469 g/mol. The van der Waals surface area contributed by atoms with Crippen molar-refractivity contribution >= 4 is 43.6 Å². The molecule has 2 aromatic heterocycles. The van der Waals surface area contributed by atoms with Gasteiger partial charge >= 0.3 is 0 Å². The predicted octanol–water partition coefficient (Wildman–Crippen LogP) is 5.78. The molecule has 0 unspecified atom stereocenters. The topological polar surface area (TPSA) is 72.6 Å². The average Bonchev–Trinajstić information content (AvgIpc) is 3.38. The summed E-state index contributed by atoms with van der Waals surface area (Å²) >= 11 is 1.42. The molecule has 5 aromatic rings. The maximum atomic E-state index is 13.8. The number of aryl methyl sites for hydroxylation is 2. The minimum absolute atomic E-state index is 0.0598. The van der Waals surface area contributed by atoms with Gasteiger partial charge in [-0.3, -0.25) is 14.5 Å². The number of methoxy groups -OCH3 is 1. The zero-order chi connectivity index (χ0) is 23.6. The van der Waals surface area contributed by atoms with E-state index in [4.69, 9.17) is 14.1 Å². The monoisotopic (exact) mass is 468 g/mol. The quantitative estimate of drug-likeness (QED) is 0.336. The van der Waals surface area contributed by atoms with Crippen LogP contribution in [0.1, 0.15) is 38.9 Å². The van der Waals surface area contributed by atoms with E-state index in [0.717, 1.165) is 26.9 Å². The zero-order valence-electron chi connectivity index (χ0n) is 18.8. The Labute approximate surface area is 199 Å². The maximum Gasteiger partial charge on any atom is 0.297 e. The van der Waals surface area contributed by atoms with Crippen molar-refractivity contribution in [3.8, 4) is 5.75 Å². The lowest BCUT2D eigenvalue weighted by Crippen LogP contribution is -2.29. The first-order chi connectivity index (χ1) is 16.4. The number of aromatic nitrogens is 1. The summed E-state index contributed by atoms with van der Waals surface area (Å²) in [6.07, 6.45) is 0. The van der Waals surface area contributed by atoms with E-state index in [1.54, 1.807) is 24.1 Å². The fraction of sp³-hybridized carbons (Fsp3) is 0.148. The summed E-state index contributed by atoms with van der Waals surface area (Å²) in [7, 11) is 1.59. The molecule has 0 radical (unpaired) electrons. The molecule has 1 amide bonds. The fourth-order valence-corrected chi connectivity index (χ4v) is 5.62. The third kappa shape index (κ3) is 3.04. The van der Waals surface area contributed by atoms with Gasteiger partial charge in [0, 0.05) is 0 Å². The normalized spacial score (nSPS) is 15.3. The van der Waals surface area contributed by atoms with E-state index in [9.17, 15) is 9.59 Å². The molecule has 6 nitrogen and oxygen atoms in total. The molecule has 0 bridgehead atoms. The molecule has 1 atom stereocenters. The Bertz CT molecular complexity index is 1680. The fourth-order valence-electron chi connectivity index (χ4n) is 4.53. The first kappa shape index (κ1) is 20.6. The Morgan fingerprint density at radius 1 is 1.00 bits per heavy atom. The highest BCUT2D eigenvalue weighted by molar-refractivity contribution is 7.22. The Hall–Kier alpha value is -3.97. The van der Waals surface area contributed by atoms with Crippen molar-refractivity contribution in [2.45, 2.75) is 19.9 Å². The van der Waals surface area contributed by atoms with Crippen molar-refractivity contribution in [3.63, 3.8) is 0 Å². The van der Waals surface area contributed by atoms with Gasteiger partial charge in [-0.25, -0.2) is 4.98 Å². The van der Waals surface area contributed by atoms with Gasteiger partial charge in [-0.1, -0.05) is 41.2 Å². The van der Waals surface area contributed by atoms with Gasteiger partial charge in [-0.05, 0) is 61.4 Å². The van der Waals surface area contributed by atoms with Gasteiger partial charge in [0.1, 0.15) is 11.3 Å². The van der Waals surface area contributed by atoms with Crippen LogP contribution in [0, 0.1) is 13.8 Å². The van der Waals surface area contributed by atoms with Crippen LogP contribution in [0.25, 0.3) is 21.2 Å². The molecule has 0 aliphatic carbocycles. The van der Waals surface area contributed by atoms with Crippen molar-refractivity contribution in [1.29, 1.82) is 0 Å². The number of hydrogen-bond acceptors (Lipinski definition) is 6. The van der Waals surface area contributed by atoms with Crippen LogP contribution in [0.15, 0.2) is 69.9 Å². The number of carbonyl (C=O) groups excluding carboxylic acids is 1. The predicted molar refractivity (Wildman–Crippen MR) is 133 cm³/mol. The zero-order valence-corrected chi connectivity index (χ0v) is 19.6. The van der Waals surface area contributed by atoms with Crippen LogP contribution in [-0.4, -0.2) is 18.0 Å². The second-order valence-corrected chi connectivity index (χ2v) is 9.50. The van der Waals surface area contributed by atoms with Crippen LogP contribution in [0.4, 0.5) is 5.13 Å². The first-order valence-corrected chi connectivity index (χ1v) is 11.7. The molecule has 1 aliphatic heterocycles. The molecule has 3 heterocycles. The summed E-state index contributed by atoms with van der Waals surface area (Å²) < 4.78 is 12.5. The van der Waals surface area contributed by atoms with Crippen molar-refractivity contribution in [2.75, 3.05) is 12.0 Å². The van der Waals surface area contributed by atoms with Crippen molar-refractivity contribution < 1.29 is 13.9 Å². The van der Waals surface area contributed by atoms with Crippen LogP contribution in [-0.2, 0) is 0 Å². The molecule has 34 heavy (non-hydrogen) atoms. The number of thiazole rings is 1. The number of ether oxygens (including phenoxy) is 1. The van der Waals surface area contributed by atoms with Crippen LogP contribution >= 0.6 is 11.3 Å². The van der Waals surface area contributed by atoms with Gasteiger partial charge < -0.3 is 9.15 Å². The maximum absolute atomic E-state index is 13.8. The molecular weight excluding hydrogens is 448 g/mol. The van der Waals surface area contributed by atoms with Crippen molar-refractivity contribution in [3.05, 3.63) is 98.9 Å². The lowest BCUT2D eigenvalue weighted by Gasteiger charge is -2.22. The molecule has 1 aliphatic rings. The van der Waals surface area contributed by atoms with Crippen LogP contribution in [0.2, 0.25) is 0 Å². The summed E-state index contributed by atoms with van der Waals surface area (Å²) in [5.41, 5.74) is 4.13. The van der Waals surface area contributed by atoms with Crippen molar-refractivity contribution in [1.82, 2.24) is 4.98 Å². The smallest absolute Gasteiger partial charge is 0.297 e. The number of nitrogens with zero attached hydrogens (tertiary/aromatic N) is 2. The standard InChI is InChI=1S/C27H20N2O4S/c1-14-8-10-20-18(11-14)24(30)22-23(16-5-4-6-17(13-16)32-3)29(26(31)25(22)33-20)27-28-19-9-7-15(2)12-21(19)34-27/h4-13,23H,1-3H3/t23-/m1/s1. The van der Waals surface area contributed by atoms with Gasteiger partial charge in [0.25, 0.3) is 5.91 Å². The van der Waals surface area contributed by atoms with Crippen LogP contribution in [0.3, 0.4) is 0 Å². The highest BCUT2D eigenvalue weighted by atomic mass is 32.1. The Kier molecular flexibility index (Phi) is 4.57. The van der Waals surface area contributed by atoms with E-state index in [1.165, 1.54) is 11.3 Å². The second kappa shape index (κ2) is 7.53. The molecule has 0 fully saturated rings. The van der Waals surface area contributed by atoms with Crippen LogP contribution in [0.5, 0.6) is 5.75 Å². The number of hydrogen-bond donors (Lipinski definition) is 0. The molecule has 3 aromatic carbocycles. The summed E-state index contributed by atoms with van der Waals surface area (Å²) in [6.45, 7) is 3.94. The number of fused-ring (bicyclic) bond motifs is 3. The Morgan fingerprint density at radius 2 is 1.79 bits per heavy atom. The highest BCUT2D eigenvalue weighted by Crippen LogP contribution is 2.44. The minimum Gasteiger partial charge on any atom is -0.497 e.